The summed E-state index contributed by atoms with van der Waals surface area (Å²) in [4.78, 5) is 29.6. The number of methoxy groups -OCH3 is 2. The third kappa shape index (κ3) is 7.27. The molecule has 2 rings (SSSR count). The summed E-state index contributed by atoms with van der Waals surface area (Å²) in [7, 11) is 3.21. The normalized spacial score (nSPS) is 11.9. The van der Waals surface area contributed by atoms with Gasteiger partial charge in [0.05, 0.1) is 20.8 Å². The Balaban J connectivity index is 2.22. The highest BCUT2D eigenvalue weighted by molar-refractivity contribution is 5.86. The molecule has 1 aromatic heterocycles. The summed E-state index contributed by atoms with van der Waals surface area (Å²) in [6.07, 6.45) is 1.42. The van der Waals surface area contributed by atoms with Crippen LogP contribution in [0, 0.1) is 12.8 Å². The molecular weight excluding hydrogens is 420 g/mol. The van der Waals surface area contributed by atoms with E-state index < -0.39 is 0 Å². The van der Waals surface area contributed by atoms with Gasteiger partial charge in [-0.15, -0.1) is 0 Å². The average Bonchev–Trinajstić information content (AvgIpc) is 3.23. The lowest BCUT2D eigenvalue weighted by Crippen LogP contribution is -2.48. The molecule has 0 fully saturated rings. The minimum atomic E-state index is -0.167. The van der Waals surface area contributed by atoms with E-state index in [1.54, 1.807) is 24.0 Å². The van der Waals surface area contributed by atoms with E-state index in [9.17, 15) is 9.59 Å². The number of benzene rings is 1. The minimum absolute atomic E-state index is 0.00798. The van der Waals surface area contributed by atoms with Crippen LogP contribution in [0.25, 0.3) is 0 Å². The highest BCUT2D eigenvalue weighted by Gasteiger charge is 2.26. The summed E-state index contributed by atoms with van der Waals surface area (Å²) >= 11 is 0. The Labute approximate surface area is 197 Å². The Morgan fingerprint density at radius 2 is 1.73 bits per heavy atom. The van der Waals surface area contributed by atoms with E-state index in [1.807, 2.05) is 65.0 Å². The maximum atomic E-state index is 13.4. The maximum absolute atomic E-state index is 13.4. The largest absolute Gasteiger partial charge is 0.493 e. The van der Waals surface area contributed by atoms with E-state index in [2.05, 4.69) is 0 Å². The summed E-state index contributed by atoms with van der Waals surface area (Å²) in [6.45, 7) is 10.5. The van der Waals surface area contributed by atoms with Crippen LogP contribution >= 0.6 is 0 Å². The first-order valence-electron chi connectivity index (χ1n) is 11.5. The molecule has 0 radical (unpaired) electrons. The monoisotopic (exact) mass is 458 g/mol. The summed E-state index contributed by atoms with van der Waals surface area (Å²) in [6, 6.07) is 9.52. The zero-order valence-corrected chi connectivity index (χ0v) is 21.0. The average molecular weight is 459 g/mol. The van der Waals surface area contributed by atoms with Crippen molar-refractivity contribution < 1.29 is 23.5 Å². The van der Waals surface area contributed by atoms with Crippen LogP contribution in [0.5, 0.6) is 11.5 Å². The van der Waals surface area contributed by atoms with Crippen LogP contribution < -0.4 is 9.47 Å². The van der Waals surface area contributed by atoms with Crippen LogP contribution in [0.2, 0.25) is 0 Å². The second-order valence-electron chi connectivity index (χ2n) is 8.65. The van der Waals surface area contributed by atoms with Gasteiger partial charge in [0.2, 0.25) is 11.8 Å². The van der Waals surface area contributed by atoms with Crippen molar-refractivity contribution in [2.75, 3.05) is 27.3 Å². The number of ether oxygens (including phenoxy) is 2. The Hall–Kier alpha value is -2.96. The summed E-state index contributed by atoms with van der Waals surface area (Å²) in [5.74, 6) is 2.56. The van der Waals surface area contributed by atoms with Crippen LogP contribution in [0.15, 0.2) is 34.7 Å². The van der Waals surface area contributed by atoms with Crippen LogP contribution in [-0.2, 0) is 22.6 Å². The van der Waals surface area contributed by atoms with Gasteiger partial charge in [-0.05, 0) is 56.5 Å². The van der Waals surface area contributed by atoms with Gasteiger partial charge in [0.25, 0.3) is 0 Å². The number of hydrogen-bond acceptors (Lipinski definition) is 5. The number of carbonyl (C=O) groups is 2. The van der Waals surface area contributed by atoms with Gasteiger partial charge in [-0.2, -0.15) is 0 Å². The highest BCUT2D eigenvalue weighted by atomic mass is 16.5. The molecule has 0 bridgehead atoms. The first-order chi connectivity index (χ1) is 15.7. The maximum Gasteiger partial charge on any atom is 0.242 e. The van der Waals surface area contributed by atoms with Gasteiger partial charge in [-0.1, -0.05) is 26.8 Å². The van der Waals surface area contributed by atoms with Gasteiger partial charge < -0.3 is 23.7 Å². The Morgan fingerprint density at radius 1 is 1.03 bits per heavy atom. The number of carbonyl (C=O) groups excluding carboxylic acids is 2. The van der Waals surface area contributed by atoms with Crippen molar-refractivity contribution in [1.29, 1.82) is 0 Å². The highest BCUT2D eigenvalue weighted by Crippen LogP contribution is 2.28. The van der Waals surface area contributed by atoms with Crippen molar-refractivity contribution in [3.8, 4) is 11.5 Å². The van der Waals surface area contributed by atoms with Gasteiger partial charge in [0.15, 0.2) is 11.5 Å². The van der Waals surface area contributed by atoms with Crippen LogP contribution in [0.1, 0.15) is 51.2 Å². The fourth-order valence-corrected chi connectivity index (χ4v) is 3.60. The molecule has 0 N–H and O–H groups in total. The second kappa shape index (κ2) is 12.3. The molecule has 0 aliphatic heterocycles. The van der Waals surface area contributed by atoms with Crippen molar-refractivity contribution in [3.05, 3.63) is 47.4 Å². The Bertz CT molecular complexity index is 921. The Kier molecular flexibility index (Phi) is 9.82. The van der Waals surface area contributed by atoms with E-state index in [1.165, 1.54) is 0 Å². The fraction of sp³-hybridized carbons (Fsp3) is 0.538. The van der Waals surface area contributed by atoms with Crippen molar-refractivity contribution in [2.45, 2.75) is 60.0 Å². The fourth-order valence-electron chi connectivity index (χ4n) is 3.60. The van der Waals surface area contributed by atoms with Gasteiger partial charge in [0, 0.05) is 18.5 Å². The lowest BCUT2D eigenvalue weighted by atomic mass is 10.1. The number of rotatable bonds is 12. The molecule has 0 aliphatic rings. The predicted octanol–water partition coefficient (Wildman–Crippen LogP) is 4.46. The third-order valence-electron chi connectivity index (χ3n) is 5.82. The van der Waals surface area contributed by atoms with E-state index in [0.717, 1.165) is 23.5 Å². The zero-order chi connectivity index (χ0) is 24.5. The molecule has 2 amide bonds. The molecular formula is C26H38N2O5. The van der Waals surface area contributed by atoms with Crippen LogP contribution in [-0.4, -0.2) is 55.0 Å². The van der Waals surface area contributed by atoms with Crippen molar-refractivity contribution >= 4 is 11.8 Å². The summed E-state index contributed by atoms with van der Waals surface area (Å²) < 4.78 is 16.5. The number of furan rings is 1. The van der Waals surface area contributed by atoms with Gasteiger partial charge in [-0.25, -0.2) is 0 Å². The molecule has 33 heavy (non-hydrogen) atoms. The lowest BCUT2D eigenvalue weighted by Gasteiger charge is -2.32. The molecule has 0 saturated carbocycles. The summed E-state index contributed by atoms with van der Waals surface area (Å²) in [5.41, 5.74) is 1.03. The number of hydrogen-bond donors (Lipinski definition) is 0. The summed E-state index contributed by atoms with van der Waals surface area (Å²) in [5, 5.41) is 0. The lowest BCUT2D eigenvalue weighted by molar-refractivity contribution is -0.144. The molecule has 0 spiro atoms. The van der Waals surface area contributed by atoms with Gasteiger partial charge in [0.1, 0.15) is 18.1 Å². The molecule has 1 aromatic carbocycles. The van der Waals surface area contributed by atoms with Gasteiger partial charge >= 0.3 is 0 Å². The molecule has 182 valence electrons. The molecule has 0 saturated heterocycles. The zero-order valence-electron chi connectivity index (χ0n) is 21.0. The van der Waals surface area contributed by atoms with E-state index >= 15 is 0 Å². The number of nitrogens with zero attached hydrogens (tertiary/aromatic N) is 2. The minimum Gasteiger partial charge on any atom is -0.493 e. The Morgan fingerprint density at radius 3 is 2.27 bits per heavy atom. The topological polar surface area (TPSA) is 72.2 Å². The standard InChI is InChI=1S/C26H38N2O5/c1-8-19(4)28(26(30)18(2)3)17-25(29)27(16-22-11-9-20(5)33-22)14-13-21-10-12-23(31-6)24(15-21)32-7/h9-12,15,18-19H,8,13-14,16-17H2,1-7H3/t19-/m1/s1. The third-order valence-corrected chi connectivity index (χ3v) is 5.82. The number of amides is 2. The molecule has 0 aliphatic carbocycles. The van der Waals surface area contributed by atoms with Crippen molar-refractivity contribution in [1.82, 2.24) is 9.80 Å². The SMILES string of the molecule is CC[C@@H](C)N(CC(=O)N(CCc1ccc(OC)c(OC)c1)Cc1ccc(C)o1)C(=O)C(C)C. The van der Waals surface area contributed by atoms with E-state index in [-0.39, 0.29) is 30.3 Å². The van der Waals surface area contributed by atoms with E-state index in [4.69, 9.17) is 13.9 Å². The van der Waals surface area contributed by atoms with Crippen LogP contribution in [0.3, 0.4) is 0 Å². The second-order valence-corrected chi connectivity index (χ2v) is 8.65. The molecule has 0 unspecified atom stereocenters. The quantitative estimate of drug-likeness (QED) is 0.470. The van der Waals surface area contributed by atoms with Crippen LogP contribution in [0.4, 0.5) is 0 Å². The molecule has 7 heteroatoms. The number of aryl methyl sites for hydroxylation is 1. The molecule has 1 heterocycles. The van der Waals surface area contributed by atoms with E-state index in [0.29, 0.717) is 31.0 Å². The van der Waals surface area contributed by atoms with Crippen molar-refractivity contribution in [3.63, 3.8) is 0 Å². The predicted molar refractivity (Wildman–Crippen MR) is 128 cm³/mol. The molecule has 2 aromatic rings. The molecule has 1 atom stereocenters. The molecule has 7 nitrogen and oxygen atoms in total. The first-order valence-corrected chi connectivity index (χ1v) is 11.5. The van der Waals surface area contributed by atoms with Crippen molar-refractivity contribution in [2.24, 2.45) is 5.92 Å². The first kappa shape index (κ1) is 26.3. The smallest absolute Gasteiger partial charge is 0.242 e. The van der Waals surface area contributed by atoms with Gasteiger partial charge in [-0.3, -0.25) is 9.59 Å².